The fourth-order valence-electron chi connectivity index (χ4n) is 2.44. The van der Waals surface area contributed by atoms with Gasteiger partial charge in [0, 0.05) is 10.9 Å². The molecule has 6 nitrogen and oxygen atoms in total. The number of hydrogen-bond acceptors (Lipinski definition) is 6. The van der Waals surface area contributed by atoms with Crippen LogP contribution >= 0.6 is 11.3 Å². The average Bonchev–Trinajstić information content (AvgIpc) is 3.24. The number of esters is 1. The van der Waals surface area contributed by atoms with E-state index in [0.717, 1.165) is 22.6 Å². The Bertz CT molecular complexity index is 992. The van der Waals surface area contributed by atoms with Crippen molar-refractivity contribution in [1.29, 1.82) is 0 Å². The number of rotatable bonds is 6. The van der Waals surface area contributed by atoms with Gasteiger partial charge >= 0.3 is 5.97 Å². The minimum absolute atomic E-state index is 0.317. The highest BCUT2D eigenvalue weighted by molar-refractivity contribution is 7.13. The smallest absolute Gasteiger partial charge is 0.337 e. The number of carbonyl (C=O) groups excluding carboxylic acids is 2. The van der Waals surface area contributed by atoms with Gasteiger partial charge in [0.15, 0.2) is 0 Å². The monoisotopic (exact) mass is 393 g/mol. The Morgan fingerprint density at radius 3 is 2.50 bits per heavy atom. The standard InChI is InChI=1S/C21H19N3O3S/c1-3-14-4-8-16(9-5-14)20-23-18(13-28-20)19(25)24-22-12-15-6-10-17(11-7-15)21(26)27-2/h4-13H,3H2,1-2H3,(H,24,25)/b22-12-. The molecule has 0 fully saturated rings. The molecule has 0 saturated carbocycles. The number of hydrogen-bond donors (Lipinski definition) is 1. The van der Waals surface area contributed by atoms with Crippen LogP contribution in [0, 0.1) is 0 Å². The fraction of sp³-hybridized carbons (Fsp3) is 0.143. The molecule has 0 bridgehead atoms. The zero-order chi connectivity index (χ0) is 19.9. The first-order valence-electron chi connectivity index (χ1n) is 8.67. The van der Waals surface area contributed by atoms with Gasteiger partial charge in [-0.15, -0.1) is 11.3 Å². The second-order valence-electron chi connectivity index (χ2n) is 5.90. The lowest BCUT2D eigenvalue weighted by molar-refractivity contribution is 0.0600. The summed E-state index contributed by atoms with van der Waals surface area (Å²) in [6, 6.07) is 14.8. The quantitative estimate of drug-likeness (QED) is 0.391. The third-order valence-corrected chi connectivity index (χ3v) is 4.95. The highest BCUT2D eigenvalue weighted by Crippen LogP contribution is 2.24. The van der Waals surface area contributed by atoms with E-state index in [0.29, 0.717) is 11.3 Å². The zero-order valence-electron chi connectivity index (χ0n) is 15.5. The van der Waals surface area contributed by atoms with E-state index >= 15 is 0 Å². The van der Waals surface area contributed by atoms with E-state index in [2.05, 4.69) is 39.3 Å². The fourth-order valence-corrected chi connectivity index (χ4v) is 3.25. The lowest BCUT2D eigenvalue weighted by Crippen LogP contribution is -2.17. The Labute approximate surface area is 166 Å². The molecule has 3 aromatic rings. The predicted molar refractivity (Wildman–Crippen MR) is 110 cm³/mol. The molecular weight excluding hydrogens is 374 g/mol. The van der Waals surface area contributed by atoms with Crippen LogP contribution in [0.4, 0.5) is 0 Å². The van der Waals surface area contributed by atoms with E-state index in [9.17, 15) is 9.59 Å². The Kier molecular flexibility index (Phi) is 6.29. The number of thiazole rings is 1. The molecule has 3 rings (SSSR count). The summed E-state index contributed by atoms with van der Waals surface area (Å²) in [7, 11) is 1.33. The van der Waals surface area contributed by atoms with Crippen LogP contribution in [-0.4, -0.2) is 30.2 Å². The number of nitrogens with one attached hydrogen (secondary N) is 1. The van der Waals surface area contributed by atoms with Crippen molar-refractivity contribution in [3.8, 4) is 10.6 Å². The second-order valence-corrected chi connectivity index (χ2v) is 6.76. The summed E-state index contributed by atoms with van der Waals surface area (Å²) < 4.78 is 4.65. The lowest BCUT2D eigenvalue weighted by atomic mass is 10.1. The van der Waals surface area contributed by atoms with Gasteiger partial charge in [-0.25, -0.2) is 15.2 Å². The Hall–Kier alpha value is -3.32. The van der Waals surface area contributed by atoms with Crippen LogP contribution in [0.15, 0.2) is 59.0 Å². The van der Waals surface area contributed by atoms with Gasteiger partial charge in [0.2, 0.25) is 0 Å². The van der Waals surface area contributed by atoms with Gasteiger partial charge in [-0.05, 0) is 29.7 Å². The van der Waals surface area contributed by atoms with Crippen LogP contribution < -0.4 is 5.43 Å². The maximum Gasteiger partial charge on any atom is 0.337 e. The molecule has 0 atom stereocenters. The molecule has 0 spiro atoms. The van der Waals surface area contributed by atoms with E-state index in [1.807, 2.05) is 12.1 Å². The van der Waals surface area contributed by atoms with E-state index in [1.54, 1.807) is 29.6 Å². The zero-order valence-corrected chi connectivity index (χ0v) is 16.3. The van der Waals surface area contributed by atoms with Crippen molar-refractivity contribution in [2.75, 3.05) is 7.11 Å². The summed E-state index contributed by atoms with van der Waals surface area (Å²) in [5, 5.41) is 6.44. The summed E-state index contributed by atoms with van der Waals surface area (Å²) in [6.45, 7) is 2.11. The van der Waals surface area contributed by atoms with Crippen molar-refractivity contribution in [1.82, 2.24) is 10.4 Å². The minimum atomic E-state index is -0.402. The molecule has 7 heteroatoms. The summed E-state index contributed by atoms with van der Waals surface area (Å²) in [5.41, 5.74) is 6.21. The number of amides is 1. The molecule has 0 unspecified atom stereocenters. The van der Waals surface area contributed by atoms with Crippen LogP contribution in [0.25, 0.3) is 10.6 Å². The summed E-state index contributed by atoms with van der Waals surface area (Å²) in [5.74, 6) is -0.782. The Morgan fingerprint density at radius 1 is 1.14 bits per heavy atom. The number of ether oxygens (including phenoxy) is 1. The number of aromatic nitrogens is 1. The molecule has 0 aliphatic heterocycles. The lowest BCUT2D eigenvalue weighted by Gasteiger charge is -2.00. The van der Waals surface area contributed by atoms with E-state index in [-0.39, 0.29) is 5.91 Å². The average molecular weight is 393 g/mol. The predicted octanol–water partition coefficient (Wildman–Crippen LogP) is 3.92. The molecule has 1 amide bonds. The molecule has 2 aromatic carbocycles. The first kappa shape index (κ1) is 19.4. The van der Waals surface area contributed by atoms with Gasteiger partial charge in [0.1, 0.15) is 10.7 Å². The van der Waals surface area contributed by atoms with Crippen LogP contribution in [0.2, 0.25) is 0 Å². The number of nitrogens with zero attached hydrogens (tertiary/aromatic N) is 2. The van der Waals surface area contributed by atoms with Gasteiger partial charge in [-0.2, -0.15) is 5.10 Å². The molecule has 0 saturated heterocycles. The number of benzene rings is 2. The summed E-state index contributed by atoms with van der Waals surface area (Å²) >= 11 is 1.41. The summed E-state index contributed by atoms with van der Waals surface area (Å²) in [6.07, 6.45) is 2.48. The van der Waals surface area contributed by atoms with Crippen molar-refractivity contribution < 1.29 is 14.3 Å². The Morgan fingerprint density at radius 2 is 1.86 bits per heavy atom. The maximum atomic E-state index is 12.2. The highest BCUT2D eigenvalue weighted by atomic mass is 32.1. The third kappa shape index (κ3) is 4.69. The van der Waals surface area contributed by atoms with Gasteiger partial charge in [-0.3, -0.25) is 4.79 Å². The SMILES string of the molecule is CCc1ccc(-c2nc(C(=O)N/N=C\c3ccc(C(=O)OC)cc3)cs2)cc1. The van der Waals surface area contributed by atoms with Gasteiger partial charge in [0.25, 0.3) is 5.91 Å². The van der Waals surface area contributed by atoms with Crippen molar-refractivity contribution >= 4 is 29.4 Å². The molecule has 0 aliphatic carbocycles. The largest absolute Gasteiger partial charge is 0.465 e. The first-order valence-corrected chi connectivity index (χ1v) is 9.55. The number of hydrazone groups is 1. The molecule has 142 valence electrons. The first-order chi connectivity index (χ1) is 13.6. The molecule has 28 heavy (non-hydrogen) atoms. The van der Waals surface area contributed by atoms with E-state index in [4.69, 9.17) is 0 Å². The van der Waals surface area contributed by atoms with Crippen LogP contribution in [0.5, 0.6) is 0 Å². The second kappa shape index (κ2) is 9.05. The molecule has 1 aromatic heterocycles. The van der Waals surface area contributed by atoms with Crippen molar-refractivity contribution in [2.45, 2.75) is 13.3 Å². The molecule has 0 aliphatic rings. The minimum Gasteiger partial charge on any atom is -0.465 e. The number of methoxy groups -OCH3 is 1. The van der Waals surface area contributed by atoms with Crippen molar-refractivity contribution in [3.63, 3.8) is 0 Å². The van der Waals surface area contributed by atoms with Crippen molar-refractivity contribution in [2.24, 2.45) is 5.10 Å². The van der Waals surface area contributed by atoms with Crippen LogP contribution in [0.3, 0.4) is 0 Å². The summed E-state index contributed by atoms with van der Waals surface area (Å²) in [4.78, 5) is 28.0. The highest BCUT2D eigenvalue weighted by Gasteiger charge is 2.11. The van der Waals surface area contributed by atoms with Crippen LogP contribution in [0.1, 0.15) is 38.9 Å². The topological polar surface area (TPSA) is 80.7 Å². The van der Waals surface area contributed by atoms with E-state index < -0.39 is 5.97 Å². The van der Waals surface area contributed by atoms with Crippen LogP contribution in [-0.2, 0) is 11.2 Å². The van der Waals surface area contributed by atoms with Gasteiger partial charge in [0.05, 0.1) is 18.9 Å². The third-order valence-electron chi connectivity index (χ3n) is 4.06. The molecular formula is C21H19N3O3S. The van der Waals surface area contributed by atoms with Gasteiger partial charge < -0.3 is 4.74 Å². The maximum absolute atomic E-state index is 12.2. The number of carbonyl (C=O) groups is 2. The molecule has 0 radical (unpaired) electrons. The normalized spacial score (nSPS) is 10.8. The Balaban J connectivity index is 1.61. The molecule has 1 heterocycles. The molecule has 1 N–H and O–H groups in total. The van der Waals surface area contributed by atoms with Crippen molar-refractivity contribution in [3.05, 3.63) is 76.3 Å². The van der Waals surface area contributed by atoms with E-state index in [1.165, 1.54) is 30.2 Å². The number of aryl methyl sites for hydroxylation is 1. The van der Waals surface area contributed by atoms with Gasteiger partial charge in [-0.1, -0.05) is 43.3 Å².